The minimum atomic E-state index is 0.0634. The quantitative estimate of drug-likeness (QED) is 0.874. The van der Waals surface area contributed by atoms with E-state index in [1.54, 1.807) is 0 Å². The topological polar surface area (TPSA) is 41.6 Å². The van der Waals surface area contributed by atoms with Gasteiger partial charge in [0.05, 0.1) is 19.1 Å². The third-order valence-corrected chi connectivity index (χ3v) is 3.86. The van der Waals surface area contributed by atoms with Crippen molar-refractivity contribution < 1.29 is 9.53 Å². The van der Waals surface area contributed by atoms with Crippen LogP contribution < -0.4 is 5.32 Å². The minimum absolute atomic E-state index is 0.0634. The van der Waals surface area contributed by atoms with E-state index in [0.717, 1.165) is 31.8 Å². The molecule has 0 spiro atoms. The number of benzene rings is 1. The zero-order chi connectivity index (χ0) is 15.9. The molecule has 1 saturated heterocycles. The number of amides is 1. The van der Waals surface area contributed by atoms with E-state index >= 15 is 0 Å². The van der Waals surface area contributed by atoms with Gasteiger partial charge in [-0.2, -0.15) is 0 Å². The van der Waals surface area contributed by atoms with Gasteiger partial charge in [-0.15, -0.1) is 0 Å². The second-order valence-corrected chi connectivity index (χ2v) is 6.61. The summed E-state index contributed by atoms with van der Waals surface area (Å²) in [6.07, 6.45) is 0.539. The summed E-state index contributed by atoms with van der Waals surface area (Å²) in [7, 11) is 0. The van der Waals surface area contributed by atoms with E-state index in [0.29, 0.717) is 18.9 Å². The van der Waals surface area contributed by atoms with Crippen LogP contribution in [0.5, 0.6) is 0 Å². The second-order valence-electron chi connectivity index (χ2n) is 6.61. The van der Waals surface area contributed by atoms with Crippen LogP contribution in [-0.4, -0.2) is 49.7 Å². The first kappa shape index (κ1) is 17.0. The molecule has 2 rings (SSSR count). The average molecular weight is 304 g/mol. The van der Waals surface area contributed by atoms with E-state index < -0.39 is 0 Å². The summed E-state index contributed by atoms with van der Waals surface area (Å²) in [5.41, 5.74) is 2.26. The summed E-state index contributed by atoms with van der Waals surface area (Å²) in [4.78, 5) is 14.4. The Bertz CT molecular complexity index is 470. The Kier molecular flexibility index (Phi) is 6.40. The van der Waals surface area contributed by atoms with Crippen molar-refractivity contribution >= 4 is 5.91 Å². The van der Waals surface area contributed by atoms with Crippen LogP contribution in [-0.2, 0) is 16.0 Å². The van der Waals surface area contributed by atoms with Gasteiger partial charge >= 0.3 is 0 Å². The Morgan fingerprint density at radius 3 is 2.77 bits per heavy atom. The fourth-order valence-corrected chi connectivity index (χ4v) is 2.77. The Balaban J connectivity index is 1.72. The van der Waals surface area contributed by atoms with Crippen LogP contribution in [0.3, 0.4) is 0 Å². The van der Waals surface area contributed by atoms with Crippen molar-refractivity contribution in [3.8, 4) is 0 Å². The minimum Gasteiger partial charge on any atom is -0.374 e. The Labute approximate surface area is 133 Å². The molecule has 1 atom stereocenters. The second kappa shape index (κ2) is 8.30. The molecule has 0 aliphatic carbocycles. The van der Waals surface area contributed by atoms with E-state index in [9.17, 15) is 4.79 Å². The summed E-state index contributed by atoms with van der Waals surface area (Å²) >= 11 is 0. The van der Waals surface area contributed by atoms with Crippen LogP contribution in [0, 0.1) is 12.8 Å². The number of rotatable bonds is 6. The highest BCUT2D eigenvalue weighted by Gasteiger charge is 2.21. The molecular formula is C18H28N2O2. The van der Waals surface area contributed by atoms with Crippen LogP contribution in [0.2, 0.25) is 0 Å². The number of hydrogen-bond donors (Lipinski definition) is 1. The lowest BCUT2D eigenvalue weighted by atomic mass is 10.1. The van der Waals surface area contributed by atoms with E-state index in [2.05, 4.69) is 24.1 Å². The summed E-state index contributed by atoms with van der Waals surface area (Å²) < 4.78 is 5.75. The van der Waals surface area contributed by atoms with Gasteiger partial charge in [0.25, 0.3) is 0 Å². The first-order chi connectivity index (χ1) is 10.5. The Hall–Kier alpha value is -1.39. The number of ether oxygens (including phenoxy) is 1. The third-order valence-electron chi connectivity index (χ3n) is 3.86. The maximum Gasteiger partial charge on any atom is 0.224 e. The normalized spacial score (nSPS) is 19.4. The zero-order valence-electron chi connectivity index (χ0n) is 14.0. The van der Waals surface area contributed by atoms with E-state index in [4.69, 9.17) is 4.74 Å². The molecule has 1 aromatic rings. The predicted molar refractivity (Wildman–Crippen MR) is 88.9 cm³/mol. The van der Waals surface area contributed by atoms with Crippen molar-refractivity contribution in [3.63, 3.8) is 0 Å². The first-order valence-corrected chi connectivity index (χ1v) is 8.19. The van der Waals surface area contributed by atoms with Crippen molar-refractivity contribution in [1.29, 1.82) is 0 Å². The molecule has 1 aliphatic heterocycles. The van der Waals surface area contributed by atoms with Crippen LogP contribution in [0.1, 0.15) is 25.0 Å². The van der Waals surface area contributed by atoms with Crippen LogP contribution >= 0.6 is 0 Å². The van der Waals surface area contributed by atoms with Gasteiger partial charge in [0, 0.05) is 26.2 Å². The van der Waals surface area contributed by atoms with Gasteiger partial charge in [0.1, 0.15) is 0 Å². The lowest BCUT2D eigenvalue weighted by molar-refractivity contribution is -0.121. The number of carbonyl (C=O) groups is 1. The van der Waals surface area contributed by atoms with Crippen molar-refractivity contribution in [2.24, 2.45) is 5.92 Å². The molecular weight excluding hydrogens is 276 g/mol. The SMILES string of the molecule is Cc1ccc(CC(=O)NCC2CN(CC(C)C)CCO2)cc1. The molecule has 1 N–H and O–H groups in total. The first-order valence-electron chi connectivity index (χ1n) is 8.19. The smallest absolute Gasteiger partial charge is 0.224 e. The number of aryl methyl sites for hydroxylation is 1. The molecule has 1 aliphatic rings. The fraction of sp³-hybridized carbons (Fsp3) is 0.611. The molecule has 4 heteroatoms. The summed E-state index contributed by atoms with van der Waals surface area (Å²) in [6, 6.07) is 8.10. The molecule has 0 aromatic heterocycles. The number of hydrogen-bond acceptors (Lipinski definition) is 3. The van der Waals surface area contributed by atoms with E-state index in [1.165, 1.54) is 5.56 Å². The third kappa shape index (κ3) is 5.78. The lowest BCUT2D eigenvalue weighted by Crippen LogP contribution is -2.48. The molecule has 1 unspecified atom stereocenters. The largest absolute Gasteiger partial charge is 0.374 e. The molecule has 0 radical (unpaired) electrons. The molecule has 1 aromatic carbocycles. The number of nitrogens with zero attached hydrogens (tertiary/aromatic N) is 1. The van der Waals surface area contributed by atoms with Crippen molar-refractivity contribution in [2.75, 3.05) is 32.8 Å². The highest BCUT2D eigenvalue weighted by Crippen LogP contribution is 2.08. The van der Waals surface area contributed by atoms with E-state index in [-0.39, 0.29) is 12.0 Å². The summed E-state index contributed by atoms with van der Waals surface area (Å²) in [6.45, 7) is 10.9. The van der Waals surface area contributed by atoms with Gasteiger partial charge in [0.15, 0.2) is 0 Å². The predicted octanol–water partition coefficient (Wildman–Crippen LogP) is 2.01. The molecule has 4 nitrogen and oxygen atoms in total. The van der Waals surface area contributed by atoms with Gasteiger partial charge in [0.2, 0.25) is 5.91 Å². The molecule has 1 heterocycles. The Morgan fingerprint density at radius 2 is 2.09 bits per heavy atom. The zero-order valence-corrected chi connectivity index (χ0v) is 14.0. The highest BCUT2D eigenvalue weighted by molar-refractivity contribution is 5.78. The van der Waals surface area contributed by atoms with Gasteiger partial charge in [-0.1, -0.05) is 43.7 Å². The molecule has 1 fully saturated rings. The van der Waals surface area contributed by atoms with Gasteiger partial charge in [-0.3, -0.25) is 9.69 Å². The summed E-state index contributed by atoms with van der Waals surface area (Å²) in [5.74, 6) is 0.725. The highest BCUT2D eigenvalue weighted by atomic mass is 16.5. The van der Waals surface area contributed by atoms with Crippen molar-refractivity contribution in [2.45, 2.75) is 33.3 Å². The number of carbonyl (C=O) groups excluding carboxylic acids is 1. The maximum atomic E-state index is 12.0. The fourth-order valence-electron chi connectivity index (χ4n) is 2.77. The lowest BCUT2D eigenvalue weighted by Gasteiger charge is -2.33. The number of morpholine rings is 1. The molecule has 1 amide bonds. The van der Waals surface area contributed by atoms with Crippen molar-refractivity contribution in [3.05, 3.63) is 35.4 Å². The molecule has 122 valence electrons. The average Bonchev–Trinajstić information content (AvgIpc) is 2.47. The van der Waals surface area contributed by atoms with Crippen LogP contribution in [0.4, 0.5) is 0 Å². The van der Waals surface area contributed by atoms with Gasteiger partial charge in [-0.25, -0.2) is 0 Å². The molecule has 0 saturated carbocycles. The van der Waals surface area contributed by atoms with Crippen molar-refractivity contribution in [1.82, 2.24) is 10.2 Å². The number of nitrogens with one attached hydrogen (secondary N) is 1. The van der Waals surface area contributed by atoms with E-state index in [1.807, 2.05) is 31.2 Å². The van der Waals surface area contributed by atoms with Gasteiger partial charge in [-0.05, 0) is 18.4 Å². The van der Waals surface area contributed by atoms with Crippen LogP contribution in [0.15, 0.2) is 24.3 Å². The maximum absolute atomic E-state index is 12.0. The summed E-state index contributed by atoms with van der Waals surface area (Å²) in [5, 5.41) is 3.00. The Morgan fingerprint density at radius 1 is 1.36 bits per heavy atom. The van der Waals surface area contributed by atoms with Gasteiger partial charge < -0.3 is 10.1 Å². The van der Waals surface area contributed by atoms with Crippen LogP contribution in [0.25, 0.3) is 0 Å². The molecule has 0 bridgehead atoms. The molecule has 22 heavy (non-hydrogen) atoms. The monoisotopic (exact) mass is 304 g/mol. The standard InChI is InChI=1S/C18H28N2O2/c1-14(2)12-20-8-9-22-17(13-20)11-19-18(21)10-16-6-4-15(3)5-7-16/h4-7,14,17H,8-13H2,1-3H3,(H,19,21).